The molecule has 2 amide bonds. The molecule has 1 saturated heterocycles. The van der Waals surface area contributed by atoms with Crippen LogP contribution >= 0.6 is 0 Å². The highest BCUT2D eigenvalue weighted by molar-refractivity contribution is 5.87. The fourth-order valence-corrected chi connectivity index (χ4v) is 1.75. The largest absolute Gasteiger partial charge is 0.324 e. The molecule has 2 rings (SSSR count). The van der Waals surface area contributed by atoms with Gasteiger partial charge in [-0.3, -0.25) is 5.32 Å². The molecule has 0 aliphatic carbocycles. The summed E-state index contributed by atoms with van der Waals surface area (Å²) in [5, 5.41) is 2.69. The van der Waals surface area contributed by atoms with E-state index in [2.05, 4.69) is 22.2 Å². The smallest absolute Gasteiger partial charge is 0.324 e. The molecule has 1 fully saturated rings. The number of hydrogen-bond donors (Lipinski definition) is 1. The van der Waals surface area contributed by atoms with E-state index in [1.54, 1.807) is 18.5 Å². The molecule has 5 heteroatoms. The van der Waals surface area contributed by atoms with Crippen molar-refractivity contribution in [3.05, 3.63) is 18.5 Å². The van der Waals surface area contributed by atoms with Crippen LogP contribution in [0.3, 0.4) is 0 Å². The Morgan fingerprint density at radius 2 is 2.00 bits per heavy atom. The molecule has 16 heavy (non-hydrogen) atoms. The molecule has 0 spiro atoms. The third kappa shape index (κ3) is 2.68. The Hall–Kier alpha value is -1.65. The average Bonchev–Trinajstić information content (AvgIpc) is 2.31. The standard InChI is InChI=1S/C11H16N4O/c1-9-3-7-15(8-4-9)11(16)14-10-12-5-2-6-13-10/h2,5-6,9H,3-4,7-8H2,1H3,(H,12,13,14,16). The van der Waals surface area contributed by atoms with Gasteiger partial charge in [0.1, 0.15) is 0 Å². The van der Waals surface area contributed by atoms with Crippen molar-refractivity contribution in [3.8, 4) is 0 Å². The Morgan fingerprint density at radius 1 is 1.38 bits per heavy atom. The third-order valence-electron chi connectivity index (χ3n) is 2.86. The van der Waals surface area contributed by atoms with Crippen LogP contribution in [0, 0.1) is 5.92 Å². The lowest BCUT2D eigenvalue weighted by atomic mass is 10.00. The highest BCUT2D eigenvalue weighted by Gasteiger charge is 2.20. The maximum atomic E-state index is 11.8. The molecule has 1 aliphatic rings. The molecule has 0 bridgehead atoms. The fraction of sp³-hybridized carbons (Fsp3) is 0.545. The molecule has 0 atom stereocenters. The minimum atomic E-state index is -0.0990. The number of likely N-dealkylation sites (tertiary alicyclic amines) is 1. The van der Waals surface area contributed by atoms with Crippen LogP contribution in [0.15, 0.2) is 18.5 Å². The van der Waals surface area contributed by atoms with E-state index >= 15 is 0 Å². The first-order chi connectivity index (χ1) is 7.75. The number of rotatable bonds is 1. The lowest BCUT2D eigenvalue weighted by molar-refractivity contribution is 0.186. The van der Waals surface area contributed by atoms with E-state index in [0.717, 1.165) is 31.8 Å². The first-order valence-corrected chi connectivity index (χ1v) is 5.58. The summed E-state index contributed by atoms with van der Waals surface area (Å²) in [7, 11) is 0. The number of nitrogens with one attached hydrogen (secondary N) is 1. The Kier molecular flexibility index (Phi) is 3.34. The summed E-state index contributed by atoms with van der Waals surface area (Å²) in [6.45, 7) is 3.86. The van der Waals surface area contributed by atoms with Gasteiger partial charge in [0, 0.05) is 25.5 Å². The maximum absolute atomic E-state index is 11.8. The number of amides is 2. The maximum Gasteiger partial charge on any atom is 0.324 e. The van der Waals surface area contributed by atoms with Crippen molar-refractivity contribution in [1.82, 2.24) is 14.9 Å². The predicted octanol–water partition coefficient (Wildman–Crippen LogP) is 1.74. The van der Waals surface area contributed by atoms with Crippen LogP contribution in [-0.2, 0) is 0 Å². The number of nitrogens with zero attached hydrogens (tertiary/aromatic N) is 3. The van der Waals surface area contributed by atoms with Gasteiger partial charge in [-0.05, 0) is 24.8 Å². The lowest BCUT2D eigenvalue weighted by Gasteiger charge is -2.29. The highest BCUT2D eigenvalue weighted by atomic mass is 16.2. The van der Waals surface area contributed by atoms with Crippen LogP contribution in [0.1, 0.15) is 19.8 Å². The van der Waals surface area contributed by atoms with E-state index < -0.39 is 0 Å². The van der Waals surface area contributed by atoms with Gasteiger partial charge in [-0.25, -0.2) is 14.8 Å². The molecule has 0 unspecified atom stereocenters. The van der Waals surface area contributed by atoms with Gasteiger partial charge in [0.2, 0.25) is 5.95 Å². The minimum Gasteiger partial charge on any atom is -0.324 e. The average molecular weight is 220 g/mol. The highest BCUT2D eigenvalue weighted by Crippen LogP contribution is 2.16. The monoisotopic (exact) mass is 220 g/mol. The van der Waals surface area contributed by atoms with Gasteiger partial charge in [-0.2, -0.15) is 0 Å². The zero-order valence-corrected chi connectivity index (χ0v) is 9.39. The summed E-state index contributed by atoms with van der Waals surface area (Å²) in [4.78, 5) is 21.5. The van der Waals surface area contributed by atoms with Gasteiger partial charge in [0.15, 0.2) is 0 Å². The van der Waals surface area contributed by atoms with Crippen LogP contribution in [0.4, 0.5) is 10.7 Å². The van der Waals surface area contributed by atoms with E-state index in [1.165, 1.54) is 0 Å². The van der Waals surface area contributed by atoms with Crippen LogP contribution < -0.4 is 5.32 Å². The summed E-state index contributed by atoms with van der Waals surface area (Å²) in [6.07, 6.45) is 5.37. The Labute approximate surface area is 94.9 Å². The summed E-state index contributed by atoms with van der Waals surface area (Å²) in [5.74, 6) is 1.09. The van der Waals surface area contributed by atoms with Gasteiger partial charge >= 0.3 is 6.03 Å². The van der Waals surface area contributed by atoms with Gasteiger partial charge in [-0.15, -0.1) is 0 Å². The van der Waals surface area contributed by atoms with Crippen molar-refractivity contribution in [2.45, 2.75) is 19.8 Å². The topological polar surface area (TPSA) is 58.1 Å². The number of piperidine rings is 1. The first-order valence-electron chi connectivity index (χ1n) is 5.58. The van der Waals surface area contributed by atoms with E-state index in [-0.39, 0.29) is 6.03 Å². The zero-order chi connectivity index (χ0) is 11.4. The first kappa shape index (κ1) is 10.9. The number of urea groups is 1. The van der Waals surface area contributed by atoms with E-state index in [1.807, 2.05) is 4.90 Å². The van der Waals surface area contributed by atoms with E-state index in [0.29, 0.717) is 5.95 Å². The minimum absolute atomic E-state index is 0.0990. The molecule has 1 N–H and O–H groups in total. The quantitative estimate of drug-likeness (QED) is 0.784. The summed E-state index contributed by atoms with van der Waals surface area (Å²) in [5.41, 5.74) is 0. The molecule has 2 heterocycles. The van der Waals surface area contributed by atoms with Gasteiger partial charge in [0.05, 0.1) is 0 Å². The summed E-state index contributed by atoms with van der Waals surface area (Å²) >= 11 is 0. The second kappa shape index (κ2) is 4.92. The van der Waals surface area contributed by atoms with Crippen LogP contribution in [0.5, 0.6) is 0 Å². The van der Waals surface area contributed by atoms with Crippen LogP contribution in [0.25, 0.3) is 0 Å². The van der Waals surface area contributed by atoms with Crippen molar-refractivity contribution in [3.63, 3.8) is 0 Å². The number of carbonyl (C=O) groups excluding carboxylic acids is 1. The third-order valence-corrected chi connectivity index (χ3v) is 2.86. The Bertz CT molecular complexity index is 346. The number of aromatic nitrogens is 2. The van der Waals surface area contributed by atoms with Crippen molar-refractivity contribution < 1.29 is 4.79 Å². The fourth-order valence-electron chi connectivity index (χ4n) is 1.75. The van der Waals surface area contributed by atoms with Crippen molar-refractivity contribution in [2.24, 2.45) is 5.92 Å². The molecule has 86 valence electrons. The SMILES string of the molecule is CC1CCN(C(=O)Nc2ncccn2)CC1. The van der Waals surface area contributed by atoms with Crippen molar-refractivity contribution in [2.75, 3.05) is 18.4 Å². The van der Waals surface area contributed by atoms with Gasteiger partial charge in [0.25, 0.3) is 0 Å². The number of hydrogen-bond acceptors (Lipinski definition) is 3. The number of carbonyl (C=O) groups is 1. The predicted molar refractivity (Wildman–Crippen MR) is 61.0 cm³/mol. The van der Waals surface area contributed by atoms with E-state index in [9.17, 15) is 4.79 Å². The molecular formula is C11H16N4O. The molecule has 1 aromatic rings. The van der Waals surface area contributed by atoms with Crippen LogP contribution in [0.2, 0.25) is 0 Å². The summed E-state index contributed by atoms with van der Waals surface area (Å²) < 4.78 is 0. The lowest BCUT2D eigenvalue weighted by Crippen LogP contribution is -2.40. The molecule has 0 radical (unpaired) electrons. The van der Waals surface area contributed by atoms with Crippen LogP contribution in [-0.4, -0.2) is 34.0 Å². The van der Waals surface area contributed by atoms with Gasteiger partial charge < -0.3 is 4.90 Å². The van der Waals surface area contributed by atoms with Gasteiger partial charge in [-0.1, -0.05) is 6.92 Å². The summed E-state index contributed by atoms with van der Waals surface area (Å²) in [6, 6.07) is 1.62. The van der Waals surface area contributed by atoms with Crippen molar-refractivity contribution >= 4 is 12.0 Å². The molecular weight excluding hydrogens is 204 g/mol. The zero-order valence-electron chi connectivity index (χ0n) is 9.39. The second-order valence-electron chi connectivity index (χ2n) is 4.17. The van der Waals surface area contributed by atoms with E-state index in [4.69, 9.17) is 0 Å². The molecule has 1 aromatic heterocycles. The molecule has 1 aliphatic heterocycles. The molecule has 0 saturated carbocycles. The molecule has 5 nitrogen and oxygen atoms in total. The normalized spacial score (nSPS) is 17.2. The Morgan fingerprint density at radius 3 is 2.62 bits per heavy atom. The number of anilines is 1. The molecule has 0 aromatic carbocycles. The Balaban J connectivity index is 1.89. The van der Waals surface area contributed by atoms with Crippen molar-refractivity contribution in [1.29, 1.82) is 0 Å². The second-order valence-corrected chi connectivity index (χ2v) is 4.17.